The number of amides is 1. The predicted octanol–water partition coefficient (Wildman–Crippen LogP) is 2.16. The number of carbonyl (C=O) groups excluding carboxylic acids is 2. The highest BCUT2D eigenvalue weighted by Gasteiger charge is 2.16. The molecule has 0 aromatic heterocycles. The lowest BCUT2D eigenvalue weighted by Crippen LogP contribution is -2.21. The molecule has 0 spiro atoms. The standard InChI is InChI=1S/C17H14N2O7/c20-16(18-12-4-5-14-15(9-12)25-7-6-24-14)10-26-17(21)11-2-1-3-13(8-11)19(22)23/h1-5,8-9H,6-7,10H2,(H,18,20). The van der Waals surface area contributed by atoms with E-state index >= 15 is 0 Å². The van der Waals surface area contributed by atoms with E-state index < -0.39 is 23.4 Å². The predicted molar refractivity (Wildman–Crippen MR) is 89.4 cm³/mol. The molecule has 0 unspecified atom stereocenters. The van der Waals surface area contributed by atoms with Crippen LogP contribution in [0.15, 0.2) is 42.5 Å². The molecule has 0 saturated heterocycles. The van der Waals surface area contributed by atoms with Gasteiger partial charge in [-0.05, 0) is 18.2 Å². The Morgan fingerprint density at radius 1 is 1.12 bits per heavy atom. The molecule has 134 valence electrons. The molecule has 0 radical (unpaired) electrons. The molecule has 2 aromatic carbocycles. The van der Waals surface area contributed by atoms with Crippen molar-refractivity contribution in [3.05, 3.63) is 58.1 Å². The van der Waals surface area contributed by atoms with E-state index in [9.17, 15) is 19.7 Å². The Bertz CT molecular complexity index is 866. The first kappa shape index (κ1) is 17.2. The van der Waals surface area contributed by atoms with Gasteiger partial charge in [0.15, 0.2) is 18.1 Å². The first-order chi connectivity index (χ1) is 12.5. The van der Waals surface area contributed by atoms with Crippen LogP contribution in [0.25, 0.3) is 0 Å². The van der Waals surface area contributed by atoms with Crippen molar-refractivity contribution in [2.45, 2.75) is 0 Å². The van der Waals surface area contributed by atoms with Gasteiger partial charge in [0, 0.05) is 23.9 Å². The number of nitrogens with one attached hydrogen (secondary N) is 1. The minimum atomic E-state index is -0.828. The Balaban J connectivity index is 1.56. The smallest absolute Gasteiger partial charge is 0.338 e. The van der Waals surface area contributed by atoms with Crippen LogP contribution in [0.1, 0.15) is 10.4 Å². The molecule has 1 aliphatic rings. The number of hydrogen-bond donors (Lipinski definition) is 1. The number of nitro benzene ring substituents is 1. The zero-order valence-electron chi connectivity index (χ0n) is 13.5. The Labute approximate surface area is 147 Å². The van der Waals surface area contributed by atoms with Crippen molar-refractivity contribution in [1.29, 1.82) is 0 Å². The maximum absolute atomic E-state index is 11.9. The Morgan fingerprint density at radius 3 is 2.65 bits per heavy atom. The third-order valence-corrected chi connectivity index (χ3v) is 3.45. The normalized spacial score (nSPS) is 12.2. The summed E-state index contributed by atoms with van der Waals surface area (Å²) in [6, 6.07) is 9.98. The van der Waals surface area contributed by atoms with Gasteiger partial charge < -0.3 is 19.5 Å². The summed E-state index contributed by atoms with van der Waals surface area (Å²) in [7, 11) is 0. The number of anilines is 1. The maximum Gasteiger partial charge on any atom is 0.338 e. The molecule has 0 aliphatic carbocycles. The van der Waals surface area contributed by atoms with E-state index in [0.717, 1.165) is 6.07 Å². The number of esters is 1. The van der Waals surface area contributed by atoms with Crippen LogP contribution in [-0.4, -0.2) is 36.6 Å². The number of nitrogens with zero attached hydrogens (tertiary/aromatic N) is 1. The lowest BCUT2D eigenvalue weighted by atomic mass is 10.2. The summed E-state index contributed by atoms with van der Waals surface area (Å²) in [5.41, 5.74) is 0.220. The molecule has 1 heterocycles. The fraction of sp³-hybridized carbons (Fsp3) is 0.176. The SMILES string of the molecule is O=C(COC(=O)c1cccc([N+](=O)[O-])c1)Nc1ccc2c(c1)OCCO2. The van der Waals surface area contributed by atoms with E-state index in [0.29, 0.717) is 30.4 Å². The van der Waals surface area contributed by atoms with Crippen LogP contribution in [0, 0.1) is 10.1 Å². The fourth-order valence-electron chi connectivity index (χ4n) is 2.28. The van der Waals surface area contributed by atoms with Crippen LogP contribution >= 0.6 is 0 Å². The number of ether oxygens (including phenoxy) is 3. The molecule has 9 nitrogen and oxygen atoms in total. The molecule has 0 saturated carbocycles. The summed E-state index contributed by atoms with van der Waals surface area (Å²) in [4.78, 5) is 33.9. The zero-order chi connectivity index (χ0) is 18.5. The molecule has 1 aliphatic heterocycles. The molecular formula is C17H14N2O7. The van der Waals surface area contributed by atoms with Crippen molar-refractivity contribution in [3.63, 3.8) is 0 Å². The number of rotatable bonds is 5. The van der Waals surface area contributed by atoms with Crippen molar-refractivity contribution in [2.75, 3.05) is 25.1 Å². The van der Waals surface area contributed by atoms with Gasteiger partial charge >= 0.3 is 5.97 Å². The third kappa shape index (κ3) is 4.07. The van der Waals surface area contributed by atoms with Gasteiger partial charge in [0.2, 0.25) is 0 Å². The average molecular weight is 358 g/mol. The third-order valence-electron chi connectivity index (χ3n) is 3.45. The lowest BCUT2D eigenvalue weighted by molar-refractivity contribution is -0.384. The summed E-state index contributed by atoms with van der Waals surface area (Å²) in [5.74, 6) is -0.277. The van der Waals surface area contributed by atoms with Crippen molar-refractivity contribution in [2.24, 2.45) is 0 Å². The number of nitro groups is 1. The van der Waals surface area contributed by atoms with Gasteiger partial charge in [-0.15, -0.1) is 0 Å². The monoisotopic (exact) mass is 358 g/mol. The Morgan fingerprint density at radius 2 is 1.88 bits per heavy atom. The quantitative estimate of drug-likeness (QED) is 0.494. The summed E-state index contributed by atoms with van der Waals surface area (Å²) < 4.78 is 15.7. The van der Waals surface area contributed by atoms with E-state index in [1.807, 2.05) is 0 Å². The topological polar surface area (TPSA) is 117 Å². The molecule has 0 bridgehead atoms. The highest BCUT2D eigenvalue weighted by atomic mass is 16.6. The molecule has 0 fully saturated rings. The van der Waals surface area contributed by atoms with Crippen LogP contribution in [0.3, 0.4) is 0 Å². The van der Waals surface area contributed by atoms with Crippen molar-refractivity contribution in [1.82, 2.24) is 0 Å². The Kier molecular flexibility index (Phi) is 4.97. The second-order valence-corrected chi connectivity index (χ2v) is 5.29. The first-order valence-electron chi connectivity index (χ1n) is 7.64. The molecule has 3 rings (SSSR count). The van der Waals surface area contributed by atoms with Crippen LogP contribution < -0.4 is 14.8 Å². The largest absolute Gasteiger partial charge is 0.486 e. The number of benzene rings is 2. The summed E-state index contributed by atoms with van der Waals surface area (Å²) >= 11 is 0. The van der Waals surface area contributed by atoms with Crippen molar-refractivity contribution >= 4 is 23.3 Å². The summed E-state index contributed by atoms with van der Waals surface area (Å²) in [6.07, 6.45) is 0. The minimum absolute atomic E-state index is 0.00803. The first-order valence-corrected chi connectivity index (χ1v) is 7.64. The number of non-ortho nitro benzene ring substituents is 1. The van der Waals surface area contributed by atoms with Gasteiger partial charge in [-0.3, -0.25) is 14.9 Å². The van der Waals surface area contributed by atoms with Gasteiger partial charge in [0.05, 0.1) is 10.5 Å². The van der Waals surface area contributed by atoms with Gasteiger partial charge in [0.1, 0.15) is 13.2 Å². The van der Waals surface area contributed by atoms with E-state index in [-0.39, 0.29) is 11.3 Å². The molecule has 2 aromatic rings. The minimum Gasteiger partial charge on any atom is -0.486 e. The summed E-state index contributed by atoms with van der Waals surface area (Å²) in [6.45, 7) is 0.355. The zero-order valence-corrected chi connectivity index (χ0v) is 13.5. The van der Waals surface area contributed by atoms with Gasteiger partial charge in [0.25, 0.3) is 11.6 Å². The Hall–Kier alpha value is -3.62. The molecular weight excluding hydrogens is 344 g/mol. The van der Waals surface area contributed by atoms with Crippen LogP contribution in [0.2, 0.25) is 0 Å². The van der Waals surface area contributed by atoms with E-state index in [1.54, 1.807) is 18.2 Å². The lowest BCUT2D eigenvalue weighted by Gasteiger charge is -2.19. The molecule has 26 heavy (non-hydrogen) atoms. The van der Waals surface area contributed by atoms with Crippen molar-refractivity contribution < 1.29 is 28.7 Å². The van der Waals surface area contributed by atoms with E-state index in [1.165, 1.54) is 18.2 Å². The van der Waals surface area contributed by atoms with Crippen LogP contribution in [0.5, 0.6) is 11.5 Å². The molecule has 1 amide bonds. The van der Waals surface area contributed by atoms with E-state index in [4.69, 9.17) is 14.2 Å². The van der Waals surface area contributed by atoms with Gasteiger partial charge in [-0.2, -0.15) is 0 Å². The number of carbonyl (C=O) groups is 2. The highest BCUT2D eigenvalue weighted by molar-refractivity contribution is 5.95. The maximum atomic E-state index is 11.9. The number of hydrogen-bond acceptors (Lipinski definition) is 7. The van der Waals surface area contributed by atoms with Gasteiger partial charge in [-0.25, -0.2) is 4.79 Å². The fourth-order valence-corrected chi connectivity index (χ4v) is 2.28. The van der Waals surface area contributed by atoms with Crippen molar-refractivity contribution in [3.8, 4) is 11.5 Å². The van der Waals surface area contributed by atoms with E-state index in [2.05, 4.69) is 5.32 Å². The van der Waals surface area contributed by atoms with Crippen LogP contribution in [-0.2, 0) is 9.53 Å². The molecule has 9 heteroatoms. The van der Waals surface area contributed by atoms with Gasteiger partial charge in [-0.1, -0.05) is 6.07 Å². The molecule has 1 N–H and O–H groups in total. The van der Waals surface area contributed by atoms with Crippen LogP contribution in [0.4, 0.5) is 11.4 Å². The highest BCUT2D eigenvalue weighted by Crippen LogP contribution is 2.32. The summed E-state index contributed by atoms with van der Waals surface area (Å²) in [5, 5.41) is 13.3. The molecule has 0 atom stereocenters. The second-order valence-electron chi connectivity index (χ2n) is 5.29. The number of fused-ring (bicyclic) bond motifs is 1. The second kappa shape index (κ2) is 7.51. The average Bonchev–Trinajstić information content (AvgIpc) is 2.66.